The summed E-state index contributed by atoms with van der Waals surface area (Å²) in [5.74, 6) is -0.239. The van der Waals surface area contributed by atoms with Gasteiger partial charge in [-0.3, -0.25) is 13.8 Å². The number of aliphatic hydroxyl groups is 1. The van der Waals surface area contributed by atoms with Crippen molar-refractivity contribution in [1.82, 2.24) is 5.32 Å². The second-order valence-electron chi connectivity index (χ2n) is 16.8. The number of carbonyl (C=O) groups is 1. The number of quaternary nitrogens is 1. The van der Waals surface area contributed by atoms with Crippen molar-refractivity contribution in [1.29, 1.82) is 0 Å². The Morgan fingerprint density at radius 2 is 1.00 bits per heavy atom. The van der Waals surface area contributed by atoms with Gasteiger partial charge in [-0.15, -0.1) is 0 Å². The average molecular weight is 858 g/mol. The van der Waals surface area contributed by atoms with E-state index in [1.54, 1.807) is 6.08 Å². The van der Waals surface area contributed by atoms with Gasteiger partial charge in [0.05, 0.1) is 39.9 Å². The van der Waals surface area contributed by atoms with E-state index >= 15 is 0 Å². The monoisotopic (exact) mass is 858 g/mol. The SMILES string of the molecule is CC/C=C\C/C=C\C/C=C\C/C=C\C/C=C\C/C=C\C/C=C\CCCC(=O)NC(COP(=O)(O)OCC[N+](C)(C)C)C(O)/C=C/CCCCCCCCCCCCCCC. The summed E-state index contributed by atoms with van der Waals surface area (Å²) in [5.41, 5.74) is 0. The number of carbonyl (C=O) groups excluding carboxylic acids is 1. The minimum Gasteiger partial charge on any atom is -0.387 e. The number of phosphoric acid groups is 1. The van der Waals surface area contributed by atoms with Crippen molar-refractivity contribution in [3.05, 3.63) is 97.2 Å². The van der Waals surface area contributed by atoms with E-state index in [9.17, 15) is 19.4 Å². The molecule has 0 aliphatic heterocycles. The zero-order valence-corrected chi connectivity index (χ0v) is 39.8. The molecule has 0 spiro atoms. The number of phosphoric ester groups is 1. The summed E-state index contributed by atoms with van der Waals surface area (Å²) in [6, 6.07) is -0.883. The van der Waals surface area contributed by atoms with Crippen LogP contribution in [0.2, 0.25) is 0 Å². The number of allylic oxidation sites excluding steroid dienone is 15. The van der Waals surface area contributed by atoms with Gasteiger partial charge in [0.15, 0.2) is 0 Å². The smallest absolute Gasteiger partial charge is 0.387 e. The third-order valence-electron chi connectivity index (χ3n) is 9.81. The first kappa shape index (κ1) is 57.4. The molecule has 0 aromatic rings. The molecule has 9 heteroatoms. The molecule has 0 heterocycles. The van der Waals surface area contributed by atoms with Crippen LogP contribution in [0, 0.1) is 0 Å². The number of unbranched alkanes of at least 4 members (excludes halogenated alkanes) is 14. The van der Waals surface area contributed by atoms with Gasteiger partial charge in [0.25, 0.3) is 0 Å². The average Bonchev–Trinajstić information content (AvgIpc) is 3.20. The number of amides is 1. The molecule has 3 unspecified atom stereocenters. The van der Waals surface area contributed by atoms with Gasteiger partial charge in [-0.25, -0.2) is 4.57 Å². The lowest BCUT2D eigenvalue weighted by molar-refractivity contribution is -0.870. The van der Waals surface area contributed by atoms with Gasteiger partial charge in [0.1, 0.15) is 13.2 Å². The summed E-state index contributed by atoms with van der Waals surface area (Å²) in [7, 11) is 1.52. The third-order valence-corrected chi connectivity index (χ3v) is 10.8. The van der Waals surface area contributed by atoms with Crippen LogP contribution in [0.3, 0.4) is 0 Å². The third kappa shape index (κ3) is 43.5. The molecular weight excluding hydrogens is 768 g/mol. The number of nitrogens with one attached hydrogen (secondary N) is 1. The molecule has 0 aliphatic rings. The number of nitrogens with zero attached hydrogens (tertiary/aromatic N) is 1. The highest BCUT2D eigenvalue weighted by atomic mass is 31.2. The second-order valence-corrected chi connectivity index (χ2v) is 18.2. The summed E-state index contributed by atoms with van der Waals surface area (Å²) in [4.78, 5) is 23.1. The van der Waals surface area contributed by atoms with Crippen LogP contribution < -0.4 is 5.32 Å². The Kier molecular flexibility index (Phi) is 40.0. The standard InChI is InChI=1S/C51H89N2O6P/c1-6-8-10-12-14-16-18-20-22-23-24-25-26-27-28-29-31-33-35-37-39-41-43-45-51(55)52-49(48-59-60(56,57)58-47-46-53(3,4)5)50(54)44-42-40-38-36-34-32-30-21-19-17-15-13-11-9-7-2/h8,10,14,16,20,22,24-25,27-28,31,33,37,39,42,44,49-50,54H,6-7,9,11-13,15,17-19,21,23,26,29-30,32,34-36,38,40-41,43,45-48H2,1-5H3,(H-,52,55,56,57)/p+1/b10-8-,16-14-,22-20-,25-24-,28-27-,33-31-,39-37-,44-42+. The molecule has 0 aromatic carbocycles. The van der Waals surface area contributed by atoms with Crippen LogP contribution in [0.25, 0.3) is 0 Å². The van der Waals surface area contributed by atoms with E-state index in [2.05, 4.69) is 104 Å². The molecule has 344 valence electrons. The Hall–Kier alpha value is -2.58. The Balaban J connectivity index is 4.52. The number of hydrogen-bond donors (Lipinski definition) is 3. The maximum atomic E-state index is 12.9. The highest BCUT2D eigenvalue weighted by molar-refractivity contribution is 7.47. The Morgan fingerprint density at radius 3 is 1.45 bits per heavy atom. The molecule has 0 aromatic heterocycles. The van der Waals surface area contributed by atoms with E-state index in [1.807, 2.05) is 27.2 Å². The normalized spacial score (nSPS) is 15.1. The molecular formula is C51H90N2O6P+. The lowest BCUT2D eigenvalue weighted by Crippen LogP contribution is -2.45. The van der Waals surface area contributed by atoms with Crippen LogP contribution in [0.15, 0.2) is 97.2 Å². The van der Waals surface area contributed by atoms with Crippen LogP contribution in [-0.2, 0) is 18.4 Å². The fourth-order valence-electron chi connectivity index (χ4n) is 6.09. The van der Waals surface area contributed by atoms with Gasteiger partial charge in [-0.05, 0) is 70.6 Å². The van der Waals surface area contributed by atoms with Crippen molar-refractivity contribution in [2.24, 2.45) is 0 Å². The molecule has 3 atom stereocenters. The van der Waals surface area contributed by atoms with Crippen LogP contribution in [-0.4, -0.2) is 73.4 Å². The van der Waals surface area contributed by atoms with Crippen molar-refractivity contribution in [3.63, 3.8) is 0 Å². The Morgan fingerprint density at radius 1 is 0.583 bits per heavy atom. The quantitative estimate of drug-likeness (QED) is 0.0245. The van der Waals surface area contributed by atoms with E-state index < -0.39 is 20.0 Å². The summed E-state index contributed by atoms with van der Waals surface area (Å²) in [5, 5.41) is 13.8. The van der Waals surface area contributed by atoms with E-state index in [0.29, 0.717) is 17.4 Å². The lowest BCUT2D eigenvalue weighted by atomic mass is 10.0. The van der Waals surface area contributed by atoms with Gasteiger partial charge < -0.3 is 19.8 Å². The second kappa shape index (κ2) is 41.8. The predicted octanol–water partition coefficient (Wildman–Crippen LogP) is 13.5. The minimum atomic E-state index is -4.36. The first-order chi connectivity index (χ1) is 29.0. The minimum absolute atomic E-state index is 0.0451. The van der Waals surface area contributed by atoms with E-state index in [0.717, 1.165) is 70.6 Å². The van der Waals surface area contributed by atoms with Crippen molar-refractivity contribution >= 4 is 13.7 Å². The first-order valence-electron chi connectivity index (χ1n) is 23.6. The molecule has 0 bridgehead atoms. The van der Waals surface area contributed by atoms with Gasteiger partial charge in [0, 0.05) is 6.42 Å². The Bertz CT molecular complexity index is 1290. The molecule has 3 N–H and O–H groups in total. The van der Waals surface area contributed by atoms with Crippen molar-refractivity contribution in [2.45, 2.75) is 180 Å². The molecule has 0 rings (SSSR count). The van der Waals surface area contributed by atoms with Gasteiger partial charge >= 0.3 is 7.82 Å². The number of aliphatic hydroxyl groups excluding tert-OH is 1. The summed E-state index contributed by atoms with van der Waals surface area (Å²) >= 11 is 0. The van der Waals surface area contributed by atoms with E-state index in [-0.39, 0.29) is 25.5 Å². The molecule has 0 saturated heterocycles. The molecule has 0 aliphatic carbocycles. The van der Waals surface area contributed by atoms with Gasteiger partial charge in [-0.2, -0.15) is 0 Å². The highest BCUT2D eigenvalue weighted by Gasteiger charge is 2.27. The number of hydrogen-bond acceptors (Lipinski definition) is 5. The molecule has 0 fully saturated rings. The summed E-state index contributed by atoms with van der Waals surface area (Å²) in [6.07, 6.45) is 59.1. The largest absolute Gasteiger partial charge is 0.472 e. The highest BCUT2D eigenvalue weighted by Crippen LogP contribution is 2.43. The fourth-order valence-corrected chi connectivity index (χ4v) is 6.82. The van der Waals surface area contributed by atoms with Crippen LogP contribution >= 0.6 is 7.82 Å². The molecule has 1 amide bonds. The van der Waals surface area contributed by atoms with Gasteiger partial charge in [0.2, 0.25) is 5.91 Å². The lowest BCUT2D eigenvalue weighted by Gasteiger charge is -2.25. The first-order valence-corrected chi connectivity index (χ1v) is 25.1. The van der Waals surface area contributed by atoms with Crippen molar-refractivity contribution in [2.75, 3.05) is 40.9 Å². The van der Waals surface area contributed by atoms with Crippen LogP contribution in [0.4, 0.5) is 0 Å². The number of rotatable bonds is 41. The molecule has 0 radical (unpaired) electrons. The van der Waals surface area contributed by atoms with Crippen molar-refractivity contribution < 1.29 is 32.9 Å². The van der Waals surface area contributed by atoms with Crippen LogP contribution in [0.1, 0.15) is 168 Å². The Labute approximate surface area is 369 Å². The maximum absolute atomic E-state index is 12.9. The zero-order chi connectivity index (χ0) is 44.3. The zero-order valence-electron chi connectivity index (χ0n) is 38.9. The maximum Gasteiger partial charge on any atom is 0.472 e. The molecule has 60 heavy (non-hydrogen) atoms. The van der Waals surface area contributed by atoms with E-state index in [1.165, 1.54) is 70.6 Å². The molecule has 8 nitrogen and oxygen atoms in total. The summed E-state index contributed by atoms with van der Waals surface area (Å²) in [6.45, 7) is 4.63. The molecule has 0 saturated carbocycles. The van der Waals surface area contributed by atoms with Crippen LogP contribution in [0.5, 0.6) is 0 Å². The summed E-state index contributed by atoms with van der Waals surface area (Å²) < 4.78 is 23.5. The predicted molar refractivity (Wildman–Crippen MR) is 258 cm³/mol. The fraction of sp³-hybridized carbons (Fsp3) is 0.667. The van der Waals surface area contributed by atoms with Gasteiger partial charge in [-0.1, -0.05) is 188 Å². The number of likely N-dealkylation sites (N-methyl/N-ethyl adjacent to an activating group) is 1. The van der Waals surface area contributed by atoms with E-state index in [4.69, 9.17) is 9.05 Å². The topological polar surface area (TPSA) is 105 Å². The van der Waals surface area contributed by atoms with Crippen molar-refractivity contribution in [3.8, 4) is 0 Å².